The van der Waals surface area contributed by atoms with E-state index in [2.05, 4.69) is 10.6 Å². The van der Waals surface area contributed by atoms with E-state index in [1.54, 1.807) is 0 Å². The van der Waals surface area contributed by atoms with Gasteiger partial charge in [-0.2, -0.15) is 0 Å². The Morgan fingerprint density at radius 3 is 2.50 bits per heavy atom. The van der Waals surface area contributed by atoms with Gasteiger partial charge in [-0.25, -0.2) is 0 Å². The molecule has 0 saturated heterocycles. The summed E-state index contributed by atoms with van der Waals surface area (Å²) in [5.74, 6) is -0.218. The second-order valence-electron chi connectivity index (χ2n) is 3.61. The van der Waals surface area contributed by atoms with Gasteiger partial charge in [0.25, 0.3) is 0 Å². The van der Waals surface area contributed by atoms with E-state index in [0.29, 0.717) is 19.6 Å². The highest BCUT2D eigenvalue weighted by Crippen LogP contribution is 1.89. The van der Waals surface area contributed by atoms with Crippen LogP contribution in [-0.4, -0.2) is 37.6 Å². The van der Waals surface area contributed by atoms with Gasteiger partial charge in [-0.1, -0.05) is 6.92 Å². The predicted octanol–water partition coefficient (Wildman–Crippen LogP) is 0.444. The summed E-state index contributed by atoms with van der Waals surface area (Å²) >= 11 is 0. The van der Waals surface area contributed by atoms with Gasteiger partial charge < -0.3 is 15.4 Å². The Labute approximate surface area is 96.9 Å². The molecule has 0 aromatic rings. The first-order valence-electron chi connectivity index (χ1n) is 5.73. The average molecular weight is 230 g/mol. The molecule has 0 fully saturated rings. The van der Waals surface area contributed by atoms with Gasteiger partial charge >= 0.3 is 0 Å². The number of carbonyl (C=O) groups is 2. The van der Waals surface area contributed by atoms with E-state index in [-0.39, 0.29) is 24.5 Å². The highest BCUT2D eigenvalue weighted by molar-refractivity contribution is 5.79. The minimum Gasteiger partial charge on any atom is -0.372 e. The number of carbonyl (C=O) groups excluding carboxylic acids is 2. The van der Waals surface area contributed by atoms with Crippen LogP contribution in [0.15, 0.2) is 0 Å². The van der Waals surface area contributed by atoms with Crippen LogP contribution >= 0.6 is 0 Å². The van der Waals surface area contributed by atoms with Crippen LogP contribution in [0, 0.1) is 0 Å². The maximum atomic E-state index is 11.3. The molecular weight excluding hydrogens is 208 g/mol. The second-order valence-corrected chi connectivity index (χ2v) is 3.61. The fourth-order valence-corrected chi connectivity index (χ4v) is 1.01. The van der Waals surface area contributed by atoms with Crippen LogP contribution < -0.4 is 10.6 Å². The quantitative estimate of drug-likeness (QED) is 0.636. The predicted molar refractivity (Wildman–Crippen MR) is 62.0 cm³/mol. The van der Waals surface area contributed by atoms with Gasteiger partial charge in [0, 0.05) is 25.6 Å². The summed E-state index contributed by atoms with van der Waals surface area (Å²) < 4.78 is 4.92. The maximum absolute atomic E-state index is 11.3. The molecule has 0 heterocycles. The summed E-state index contributed by atoms with van der Waals surface area (Å²) in [4.78, 5) is 22.4. The summed E-state index contributed by atoms with van der Waals surface area (Å²) in [7, 11) is 0. The van der Waals surface area contributed by atoms with E-state index in [4.69, 9.17) is 4.74 Å². The van der Waals surface area contributed by atoms with Crippen LogP contribution in [0.4, 0.5) is 0 Å². The van der Waals surface area contributed by atoms with E-state index >= 15 is 0 Å². The van der Waals surface area contributed by atoms with Crippen LogP contribution in [0.2, 0.25) is 0 Å². The molecule has 16 heavy (non-hydrogen) atoms. The Bertz CT molecular complexity index is 219. The number of ether oxygens (including phenoxy) is 1. The van der Waals surface area contributed by atoms with Gasteiger partial charge in [0.2, 0.25) is 11.8 Å². The van der Waals surface area contributed by atoms with Crippen molar-refractivity contribution in [1.82, 2.24) is 10.6 Å². The Hall–Kier alpha value is -1.10. The molecule has 0 aromatic heterocycles. The van der Waals surface area contributed by atoms with Crippen molar-refractivity contribution < 1.29 is 14.3 Å². The number of hydrogen-bond acceptors (Lipinski definition) is 3. The monoisotopic (exact) mass is 230 g/mol. The molecule has 94 valence electrons. The molecule has 5 heteroatoms. The number of amides is 2. The molecule has 0 aliphatic carbocycles. The largest absolute Gasteiger partial charge is 0.372 e. The topological polar surface area (TPSA) is 67.4 Å². The summed E-state index contributed by atoms with van der Waals surface area (Å²) in [6.45, 7) is 6.72. The van der Waals surface area contributed by atoms with Crippen molar-refractivity contribution in [3.8, 4) is 0 Å². The molecule has 0 radical (unpaired) electrons. The van der Waals surface area contributed by atoms with Crippen LogP contribution in [0.5, 0.6) is 0 Å². The molecular formula is C11H22N2O3. The number of hydrogen-bond donors (Lipinski definition) is 2. The molecule has 0 aliphatic heterocycles. The van der Waals surface area contributed by atoms with Crippen molar-refractivity contribution in [3.63, 3.8) is 0 Å². The van der Waals surface area contributed by atoms with E-state index in [1.165, 1.54) is 0 Å². The molecule has 0 saturated carbocycles. The Balaban J connectivity index is 3.50. The molecule has 0 bridgehead atoms. The van der Waals surface area contributed by atoms with Crippen molar-refractivity contribution in [2.45, 2.75) is 39.7 Å². The lowest BCUT2D eigenvalue weighted by Gasteiger charge is -2.11. The first-order chi connectivity index (χ1) is 7.60. The third-order valence-corrected chi connectivity index (χ3v) is 2.13. The third kappa shape index (κ3) is 8.23. The average Bonchev–Trinajstić information content (AvgIpc) is 2.26. The van der Waals surface area contributed by atoms with Gasteiger partial charge in [-0.15, -0.1) is 0 Å². The van der Waals surface area contributed by atoms with Gasteiger partial charge in [-0.3, -0.25) is 9.59 Å². The lowest BCUT2D eigenvalue weighted by Crippen LogP contribution is -2.36. The molecule has 0 aromatic carbocycles. The standard InChI is InChI=1S/C11H22N2O3/c1-4-9(3)13-10(14)6-7-12-11(15)8-16-5-2/h9H,4-8H2,1-3H3,(H,12,15)(H,13,14). The zero-order valence-electron chi connectivity index (χ0n) is 10.3. The highest BCUT2D eigenvalue weighted by Gasteiger charge is 2.06. The lowest BCUT2D eigenvalue weighted by atomic mass is 10.2. The van der Waals surface area contributed by atoms with E-state index in [1.807, 2.05) is 20.8 Å². The molecule has 1 atom stereocenters. The molecule has 0 rings (SSSR count). The fraction of sp³-hybridized carbons (Fsp3) is 0.818. The summed E-state index contributed by atoms with van der Waals surface area (Å²) in [6, 6.07) is 0.187. The summed E-state index contributed by atoms with van der Waals surface area (Å²) in [5, 5.41) is 5.44. The van der Waals surface area contributed by atoms with Crippen molar-refractivity contribution in [2.24, 2.45) is 0 Å². The van der Waals surface area contributed by atoms with E-state index in [0.717, 1.165) is 6.42 Å². The van der Waals surface area contributed by atoms with E-state index in [9.17, 15) is 9.59 Å². The normalized spacial score (nSPS) is 11.9. The highest BCUT2D eigenvalue weighted by atomic mass is 16.5. The van der Waals surface area contributed by atoms with Crippen molar-refractivity contribution in [3.05, 3.63) is 0 Å². The molecule has 5 nitrogen and oxygen atoms in total. The minimum absolute atomic E-state index is 0.0361. The summed E-state index contributed by atoms with van der Waals surface area (Å²) in [6.07, 6.45) is 1.21. The Kier molecular flexibility index (Phi) is 8.52. The second kappa shape index (κ2) is 9.15. The molecule has 0 aliphatic rings. The SMILES string of the molecule is CCOCC(=O)NCCC(=O)NC(C)CC. The van der Waals surface area contributed by atoms with Gasteiger partial charge in [0.1, 0.15) is 6.61 Å². The molecule has 2 amide bonds. The lowest BCUT2D eigenvalue weighted by molar-refractivity contribution is -0.125. The Morgan fingerprint density at radius 1 is 1.25 bits per heavy atom. The molecule has 1 unspecified atom stereocenters. The number of rotatable bonds is 8. The first kappa shape index (κ1) is 14.9. The van der Waals surface area contributed by atoms with Crippen LogP contribution in [-0.2, 0) is 14.3 Å². The van der Waals surface area contributed by atoms with Crippen molar-refractivity contribution >= 4 is 11.8 Å². The van der Waals surface area contributed by atoms with Crippen LogP contribution in [0.1, 0.15) is 33.6 Å². The number of nitrogens with one attached hydrogen (secondary N) is 2. The van der Waals surface area contributed by atoms with Gasteiger partial charge in [0.15, 0.2) is 0 Å². The van der Waals surface area contributed by atoms with Crippen LogP contribution in [0.25, 0.3) is 0 Å². The maximum Gasteiger partial charge on any atom is 0.246 e. The van der Waals surface area contributed by atoms with Crippen molar-refractivity contribution in [1.29, 1.82) is 0 Å². The minimum atomic E-state index is -0.182. The van der Waals surface area contributed by atoms with Gasteiger partial charge in [0.05, 0.1) is 0 Å². The van der Waals surface area contributed by atoms with Crippen LogP contribution in [0.3, 0.4) is 0 Å². The fourth-order valence-electron chi connectivity index (χ4n) is 1.01. The zero-order chi connectivity index (χ0) is 12.4. The van der Waals surface area contributed by atoms with Crippen molar-refractivity contribution in [2.75, 3.05) is 19.8 Å². The van der Waals surface area contributed by atoms with Gasteiger partial charge in [-0.05, 0) is 20.3 Å². The summed E-state index contributed by atoms with van der Waals surface area (Å²) in [5.41, 5.74) is 0. The molecule has 2 N–H and O–H groups in total. The van der Waals surface area contributed by atoms with E-state index < -0.39 is 0 Å². The third-order valence-electron chi connectivity index (χ3n) is 2.13. The Morgan fingerprint density at radius 2 is 1.94 bits per heavy atom. The zero-order valence-corrected chi connectivity index (χ0v) is 10.3. The first-order valence-corrected chi connectivity index (χ1v) is 5.73. The smallest absolute Gasteiger partial charge is 0.246 e. The molecule has 0 spiro atoms.